The maximum atomic E-state index is 8.91. The van der Waals surface area contributed by atoms with Crippen LogP contribution in [0.5, 0.6) is 11.5 Å². The fourth-order valence-electron chi connectivity index (χ4n) is 2.59. The van der Waals surface area contributed by atoms with Crippen molar-refractivity contribution in [3.05, 3.63) is 36.5 Å². The van der Waals surface area contributed by atoms with Gasteiger partial charge in [-0.25, -0.2) is 4.98 Å². The number of hydrogen-bond acceptors (Lipinski definition) is 5. The van der Waals surface area contributed by atoms with Gasteiger partial charge in [-0.1, -0.05) is 6.07 Å². The van der Waals surface area contributed by atoms with Crippen molar-refractivity contribution in [3.63, 3.8) is 0 Å². The molecule has 0 saturated carbocycles. The lowest BCUT2D eigenvalue weighted by Gasteiger charge is -2.06. The predicted molar refractivity (Wildman–Crippen MR) is 79.3 cm³/mol. The summed E-state index contributed by atoms with van der Waals surface area (Å²) in [5, 5.41) is 8.91. The largest absolute Gasteiger partial charge is 0.454 e. The predicted octanol–water partition coefficient (Wildman–Crippen LogP) is 2.74. The lowest BCUT2D eigenvalue weighted by atomic mass is 10.2. The first kappa shape index (κ1) is 12.7. The second-order valence-electron chi connectivity index (χ2n) is 4.90. The third-order valence-corrected chi connectivity index (χ3v) is 3.58. The number of benzene rings is 1. The molecule has 0 amide bonds. The lowest BCUT2D eigenvalue weighted by Crippen LogP contribution is -2.01. The molecule has 0 bridgehead atoms. The molecular formula is C16H12N4O2. The highest BCUT2D eigenvalue weighted by Gasteiger charge is 2.20. The molecule has 108 valence electrons. The first-order valence-electron chi connectivity index (χ1n) is 6.95. The molecule has 0 unspecified atom stereocenters. The van der Waals surface area contributed by atoms with Crippen LogP contribution in [0.15, 0.2) is 36.5 Å². The van der Waals surface area contributed by atoms with Crippen molar-refractivity contribution in [2.45, 2.75) is 13.0 Å². The molecule has 4 rings (SSSR count). The van der Waals surface area contributed by atoms with E-state index in [0.717, 1.165) is 22.6 Å². The van der Waals surface area contributed by atoms with Gasteiger partial charge < -0.3 is 14.0 Å². The van der Waals surface area contributed by atoms with E-state index in [1.807, 2.05) is 34.9 Å². The zero-order chi connectivity index (χ0) is 14.9. The Morgan fingerprint density at radius 2 is 2.09 bits per heavy atom. The minimum atomic E-state index is 0.229. The number of ether oxygens (including phenoxy) is 2. The minimum Gasteiger partial charge on any atom is -0.454 e. The van der Waals surface area contributed by atoms with Crippen LogP contribution in [0.1, 0.15) is 6.42 Å². The fourth-order valence-corrected chi connectivity index (χ4v) is 2.59. The van der Waals surface area contributed by atoms with E-state index < -0.39 is 0 Å². The van der Waals surface area contributed by atoms with Gasteiger partial charge in [-0.15, -0.1) is 0 Å². The molecule has 0 radical (unpaired) electrons. The number of hydrogen-bond donors (Lipinski definition) is 0. The van der Waals surface area contributed by atoms with Crippen molar-refractivity contribution < 1.29 is 9.47 Å². The van der Waals surface area contributed by atoms with Gasteiger partial charge >= 0.3 is 0 Å². The van der Waals surface area contributed by atoms with Crippen LogP contribution < -0.4 is 9.47 Å². The Balaban J connectivity index is 1.94. The first-order valence-corrected chi connectivity index (χ1v) is 6.95. The molecule has 1 aliphatic heterocycles. The third kappa shape index (κ3) is 1.95. The molecule has 6 nitrogen and oxygen atoms in total. The first-order chi connectivity index (χ1) is 10.9. The Morgan fingerprint density at radius 3 is 2.86 bits per heavy atom. The summed E-state index contributed by atoms with van der Waals surface area (Å²) < 4.78 is 12.8. The molecule has 0 saturated heterocycles. The molecule has 6 heteroatoms. The zero-order valence-corrected chi connectivity index (χ0v) is 11.7. The quantitative estimate of drug-likeness (QED) is 0.742. The summed E-state index contributed by atoms with van der Waals surface area (Å²) in [4.78, 5) is 9.03. The average molecular weight is 292 g/mol. The summed E-state index contributed by atoms with van der Waals surface area (Å²) in [6, 6.07) is 11.6. The maximum Gasteiger partial charge on any atom is 0.231 e. The van der Waals surface area contributed by atoms with Crippen molar-refractivity contribution in [2.24, 2.45) is 0 Å². The summed E-state index contributed by atoms with van der Waals surface area (Å²) in [7, 11) is 0. The zero-order valence-electron chi connectivity index (χ0n) is 11.7. The van der Waals surface area contributed by atoms with E-state index in [-0.39, 0.29) is 6.79 Å². The van der Waals surface area contributed by atoms with E-state index >= 15 is 0 Å². The Hall–Kier alpha value is -3.07. The number of aryl methyl sites for hydroxylation is 1. The highest BCUT2D eigenvalue weighted by atomic mass is 16.7. The van der Waals surface area contributed by atoms with Gasteiger partial charge in [-0.05, 0) is 12.1 Å². The molecule has 1 aliphatic rings. The Morgan fingerprint density at radius 1 is 1.23 bits per heavy atom. The highest BCUT2D eigenvalue weighted by molar-refractivity contribution is 5.84. The molecule has 0 N–H and O–H groups in total. The minimum absolute atomic E-state index is 0.229. The van der Waals surface area contributed by atoms with Crippen LogP contribution in [0, 0.1) is 11.3 Å². The molecule has 0 atom stereocenters. The highest BCUT2D eigenvalue weighted by Crippen LogP contribution is 2.37. The van der Waals surface area contributed by atoms with Crippen LogP contribution in [0.4, 0.5) is 0 Å². The fraction of sp³-hybridized carbons (Fsp3) is 0.188. The topological polar surface area (TPSA) is 73.0 Å². The molecule has 2 aromatic heterocycles. The molecular weight excluding hydrogens is 280 g/mol. The van der Waals surface area contributed by atoms with E-state index in [9.17, 15) is 0 Å². The van der Waals surface area contributed by atoms with Gasteiger partial charge in [0.05, 0.1) is 23.5 Å². The molecule has 0 spiro atoms. The molecule has 0 fully saturated rings. The summed E-state index contributed by atoms with van der Waals surface area (Å²) in [5.74, 6) is 2.15. The van der Waals surface area contributed by atoms with Gasteiger partial charge in [0.25, 0.3) is 0 Å². The van der Waals surface area contributed by atoms with Crippen LogP contribution in [0.3, 0.4) is 0 Å². The number of imidazole rings is 1. The molecule has 22 heavy (non-hydrogen) atoms. The summed E-state index contributed by atoms with van der Waals surface area (Å²) >= 11 is 0. The van der Waals surface area contributed by atoms with Crippen LogP contribution in [0.2, 0.25) is 0 Å². The Labute approximate surface area is 126 Å². The van der Waals surface area contributed by atoms with Crippen LogP contribution >= 0.6 is 0 Å². The number of pyridine rings is 1. The van der Waals surface area contributed by atoms with Gasteiger partial charge in [0.1, 0.15) is 5.69 Å². The van der Waals surface area contributed by atoms with Crippen LogP contribution in [-0.2, 0) is 6.54 Å². The van der Waals surface area contributed by atoms with Crippen LogP contribution in [0.25, 0.3) is 22.6 Å². The van der Waals surface area contributed by atoms with E-state index in [2.05, 4.69) is 16.0 Å². The third-order valence-electron chi connectivity index (χ3n) is 3.58. The number of fused-ring (bicyclic) bond motifs is 2. The van der Waals surface area contributed by atoms with Gasteiger partial charge in [-0.3, -0.25) is 4.98 Å². The normalized spacial score (nSPS) is 12.5. The molecule has 3 aromatic rings. The van der Waals surface area contributed by atoms with E-state index in [1.54, 1.807) is 6.20 Å². The second kappa shape index (κ2) is 5.04. The van der Waals surface area contributed by atoms with Gasteiger partial charge in [-0.2, -0.15) is 5.26 Å². The summed E-state index contributed by atoms with van der Waals surface area (Å²) in [6.07, 6.45) is 2.13. The number of nitriles is 1. The van der Waals surface area contributed by atoms with Crippen molar-refractivity contribution in [2.75, 3.05) is 6.79 Å². The SMILES string of the molecule is N#CCCn1c(-c2ccccn2)nc2cc3c(cc21)OCO3. The number of rotatable bonds is 3. The van der Waals surface area contributed by atoms with Crippen LogP contribution in [-0.4, -0.2) is 21.3 Å². The van der Waals surface area contributed by atoms with Crippen molar-refractivity contribution in [3.8, 4) is 29.1 Å². The van der Waals surface area contributed by atoms with Gasteiger partial charge in [0.15, 0.2) is 17.3 Å². The standard InChI is InChI=1S/C16H12N4O2/c17-5-3-7-20-13-9-15-14(21-10-22-15)8-12(13)19-16(20)11-4-1-2-6-18-11/h1-2,4,6,8-9H,3,7,10H2. The Bertz CT molecular complexity index is 881. The van der Waals surface area contributed by atoms with Crippen molar-refractivity contribution in [1.29, 1.82) is 5.26 Å². The molecule has 1 aromatic carbocycles. The Kier molecular flexibility index (Phi) is 2.90. The van der Waals surface area contributed by atoms with E-state index in [1.165, 1.54) is 0 Å². The van der Waals surface area contributed by atoms with Crippen molar-refractivity contribution in [1.82, 2.24) is 14.5 Å². The monoisotopic (exact) mass is 292 g/mol. The van der Waals surface area contributed by atoms with E-state index in [4.69, 9.17) is 14.7 Å². The molecule has 3 heterocycles. The number of aromatic nitrogens is 3. The summed E-state index contributed by atoms with van der Waals surface area (Å²) in [5.41, 5.74) is 2.50. The van der Waals surface area contributed by atoms with E-state index in [0.29, 0.717) is 24.5 Å². The molecule has 0 aliphatic carbocycles. The lowest BCUT2D eigenvalue weighted by molar-refractivity contribution is 0.174. The average Bonchev–Trinajstić information content (AvgIpc) is 3.15. The smallest absolute Gasteiger partial charge is 0.231 e. The second-order valence-corrected chi connectivity index (χ2v) is 4.90. The van der Waals surface area contributed by atoms with Crippen molar-refractivity contribution >= 4 is 11.0 Å². The van der Waals surface area contributed by atoms with Gasteiger partial charge in [0, 0.05) is 24.9 Å². The summed E-state index contributed by atoms with van der Waals surface area (Å²) in [6.45, 7) is 0.784. The number of nitrogens with zero attached hydrogens (tertiary/aromatic N) is 4. The van der Waals surface area contributed by atoms with Gasteiger partial charge in [0.2, 0.25) is 6.79 Å². The maximum absolute atomic E-state index is 8.91.